The van der Waals surface area contributed by atoms with Gasteiger partial charge in [-0.2, -0.15) is 0 Å². The first-order valence-electron chi connectivity index (χ1n) is 7.30. The van der Waals surface area contributed by atoms with E-state index in [1.807, 2.05) is 50.2 Å². The summed E-state index contributed by atoms with van der Waals surface area (Å²) in [5.41, 5.74) is 4.20. The third kappa shape index (κ3) is 2.52. The average Bonchev–Trinajstić information content (AvgIpc) is 2.57. The lowest BCUT2D eigenvalue weighted by Gasteiger charge is -2.13. The zero-order valence-corrected chi connectivity index (χ0v) is 13.3. The highest BCUT2D eigenvalue weighted by atomic mass is 16.5. The van der Waals surface area contributed by atoms with E-state index in [-0.39, 0.29) is 5.56 Å². The molecule has 0 saturated carbocycles. The summed E-state index contributed by atoms with van der Waals surface area (Å²) in [6.07, 6.45) is 0. The van der Waals surface area contributed by atoms with E-state index in [0.29, 0.717) is 22.3 Å². The van der Waals surface area contributed by atoms with Gasteiger partial charge in [0.25, 0.3) is 0 Å². The molecule has 23 heavy (non-hydrogen) atoms. The predicted octanol–water partition coefficient (Wildman–Crippen LogP) is 4.23. The van der Waals surface area contributed by atoms with E-state index < -0.39 is 5.97 Å². The van der Waals surface area contributed by atoms with Gasteiger partial charge < -0.3 is 9.84 Å². The molecule has 0 spiro atoms. The van der Waals surface area contributed by atoms with Crippen LogP contribution in [-0.2, 0) is 0 Å². The number of aryl methyl sites for hydroxylation is 2. The molecule has 2 aromatic carbocycles. The summed E-state index contributed by atoms with van der Waals surface area (Å²) in [7, 11) is 1.59. The Morgan fingerprint density at radius 2 is 1.78 bits per heavy atom. The van der Waals surface area contributed by atoms with E-state index in [1.54, 1.807) is 13.2 Å². The monoisotopic (exact) mass is 307 g/mol. The van der Waals surface area contributed by atoms with Crippen molar-refractivity contribution in [2.24, 2.45) is 0 Å². The fourth-order valence-electron chi connectivity index (χ4n) is 2.80. The molecule has 0 aliphatic heterocycles. The summed E-state index contributed by atoms with van der Waals surface area (Å²) in [6.45, 7) is 3.84. The number of rotatable bonds is 3. The number of para-hydroxylation sites is 1. The molecular weight excluding hydrogens is 290 g/mol. The Balaban J connectivity index is 2.40. The zero-order valence-electron chi connectivity index (χ0n) is 13.3. The van der Waals surface area contributed by atoms with E-state index in [0.717, 1.165) is 16.7 Å². The highest BCUT2D eigenvalue weighted by Crippen LogP contribution is 2.33. The topological polar surface area (TPSA) is 59.4 Å². The molecule has 0 atom stereocenters. The van der Waals surface area contributed by atoms with Crippen molar-refractivity contribution in [3.05, 3.63) is 59.2 Å². The number of hydrogen-bond donors (Lipinski definition) is 1. The van der Waals surface area contributed by atoms with Gasteiger partial charge in [-0.25, -0.2) is 9.78 Å². The number of aromatic carboxylic acids is 1. The van der Waals surface area contributed by atoms with E-state index in [4.69, 9.17) is 9.72 Å². The molecule has 0 radical (unpaired) electrons. The molecule has 4 nitrogen and oxygen atoms in total. The summed E-state index contributed by atoms with van der Waals surface area (Å²) < 4.78 is 5.38. The molecule has 3 rings (SSSR count). The quantitative estimate of drug-likeness (QED) is 0.787. The Hall–Kier alpha value is -2.88. The fourth-order valence-corrected chi connectivity index (χ4v) is 2.80. The average molecular weight is 307 g/mol. The van der Waals surface area contributed by atoms with Gasteiger partial charge in [-0.15, -0.1) is 0 Å². The van der Waals surface area contributed by atoms with Crippen molar-refractivity contribution in [3.63, 3.8) is 0 Å². The molecule has 3 aromatic rings. The van der Waals surface area contributed by atoms with E-state index in [2.05, 4.69) is 0 Å². The van der Waals surface area contributed by atoms with Crippen LogP contribution in [0.5, 0.6) is 5.75 Å². The lowest BCUT2D eigenvalue weighted by molar-refractivity contribution is 0.0699. The lowest BCUT2D eigenvalue weighted by Crippen LogP contribution is -2.03. The second kappa shape index (κ2) is 5.72. The van der Waals surface area contributed by atoms with Crippen LogP contribution >= 0.6 is 0 Å². The van der Waals surface area contributed by atoms with Gasteiger partial charge in [0.15, 0.2) is 0 Å². The van der Waals surface area contributed by atoms with Crippen molar-refractivity contribution in [2.45, 2.75) is 13.8 Å². The molecule has 1 aromatic heterocycles. The standard InChI is InChI=1S/C19H17NO3/c1-11-8-9-12(2)18-17(11)14(19(21)22)10-15(20-18)13-6-4-5-7-16(13)23-3/h4-10H,1-3H3,(H,21,22). The smallest absolute Gasteiger partial charge is 0.336 e. The van der Waals surface area contributed by atoms with Crippen LogP contribution in [0.3, 0.4) is 0 Å². The van der Waals surface area contributed by atoms with Gasteiger partial charge in [0.1, 0.15) is 5.75 Å². The zero-order chi connectivity index (χ0) is 16.6. The van der Waals surface area contributed by atoms with Crippen molar-refractivity contribution in [1.29, 1.82) is 0 Å². The van der Waals surface area contributed by atoms with Gasteiger partial charge in [0.2, 0.25) is 0 Å². The largest absolute Gasteiger partial charge is 0.496 e. The second-order valence-corrected chi connectivity index (χ2v) is 5.48. The molecule has 0 fully saturated rings. The highest BCUT2D eigenvalue weighted by Gasteiger charge is 2.17. The number of benzene rings is 2. The number of fused-ring (bicyclic) bond motifs is 1. The molecule has 0 aliphatic carbocycles. The Morgan fingerprint density at radius 3 is 2.48 bits per heavy atom. The molecule has 0 bridgehead atoms. The number of ether oxygens (including phenoxy) is 1. The van der Waals surface area contributed by atoms with Crippen LogP contribution in [-0.4, -0.2) is 23.2 Å². The number of carboxylic acid groups (broad SMARTS) is 1. The molecule has 4 heteroatoms. The fraction of sp³-hybridized carbons (Fsp3) is 0.158. The molecule has 0 amide bonds. The van der Waals surface area contributed by atoms with E-state index in [1.165, 1.54) is 0 Å². The molecule has 1 N–H and O–H groups in total. The van der Waals surface area contributed by atoms with Crippen LogP contribution in [0, 0.1) is 13.8 Å². The predicted molar refractivity (Wildman–Crippen MR) is 90.2 cm³/mol. The maximum Gasteiger partial charge on any atom is 0.336 e. The summed E-state index contributed by atoms with van der Waals surface area (Å²) in [4.78, 5) is 16.5. The Morgan fingerprint density at radius 1 is 1.09 bits per heavy atom. The van der Waals surface area contributed by atoms with Crippen molar-refractivity contribution in [1.82, 2.24) is 4.98 Å². The Bertz CT molecular complexity index is 916. The number of aromatic nitrogens is 1. The summed E-state index contributed by atoms with van der Waals surface area (Å²) in [5.74, 6) is -0.289. The van der Waals surface area contributed by atoms with Gasteiger partial charge in [-0.3, -0.25) is 0 Å². The third-order valence-corrected chi connectivity index (χ3v) is 3.98. The van der Waals surface area contributed by atoms with Gasteiger partial charge >= 0.3 is 5.97 Å². The number of methoxy groups -OCH3 is 1. The molecule has 1 heterocycles. The van der Waals surface area contributed by atoms with Gasteiger partial charge in [0, 0.05) is 10.9 Å². The van der Waals surface area contributed by atoms with Crippen LogP contribution in [0.25, 0.3) is 22.2 Å². The normalized spacial score (nSPS) is 10.7. The van der Waals surface area contributed by atoms with Gasteiger partial charge in [-0.1, -0.05) is 24.3 Å². The van der Waals surface area contributed by atoms with Crippen LogP contribution in [0.15, 0.2) is 42.5 Å². The van der Waals surface area contributed by atoms with Crippen molar-refractivity contribution in [2.75, 3.05) is 7.11 Å². The van der Waals surface area contributed by atoms with Crippen LogP contribution < -0.4 is 4.74 Å². The molecule has 116 valence electrons. The molecule has 0 aliphatic rings. The maximum atomic E-state index is 11.8. The Kier molecular flexibility index (Phi) is 3.74. The first-order valence-corrected chi connectivity index (χ1v) is 7.30. The summed E-state index contributed by atoms with van der Waals surface area (Å²) in [5, 5.41) is 10.3. The van der Waals surface area contributed by atoms with Crippen molar-refractivity contribution >= 4 is 16.9 Å². The van der Waals surface area contributed by atoms with E-state index in [9.17, 15) is 9.90 Å². The number of nitrogens with zero attached hydrogens (tertiary/aromatic N) is 1. The van der Waals surface area contributed by atoms with E-state index >= 15 is 0 Å². The highest BCUT2D eigenvalue weighted by molar-refractivity contribution is 6.06. The first-order chi connectivity index (χ1) is 11.0. The number of carbonyl (C=O) groups is 1. The minimum Gasteiger partial charge on any atom is -0.496 e. The number of pyridine rings is 1. The second-order valence-electron chi connectivity index (χ2n) is 5.48. The molecule has 0 saturated heterocycles. The van der Waals surface area contributed by atoms with Crippen LogP contribution in [0.4, 0.5) is 0 Å². The SMILES string of the molecule is COc1ccccc1-c1cc(C(=O)O)c2c(C)ccc(C)c2n1. The van der Waals surface area contributed by atoms with Crippen molar-refractivity contribution in [3.8, 4) is 17.0 Å². The van der Waals surface area contributed by atoms with Crippen LogP contribution in [0.1, 0.15) is 21.5 Å². The number of carboxylic acids is 1. The van der Waals surface area contributed by atoms with Crippen molar-refractivity contribution < 1.29 is 14.6 Å². The summed E-state index contributed by atoms with van der Waals surface area (Å²) in [6, 6.07) is 13.0. The number of hydrogen-bond acceptors (Lipinski definition) is 3. The maximum absolute atomic E-state index is 11.8. The summed E-state index contributed by atoms with van der Waals surface area (Å²) >= 11 is 0. The minimum absolute atomic E-state index is 0.261. The lowest BCUT2D eigenvalue weighted by atomic mass is 9.98. The van der Waals surface area contributed by atoms with Crippen LogP contribution in [0.2, 0.25) is 0 Å². The third-order valence-electron chi connectivity index (χ3n) is 3.98. The molecule has 0 unspecified atom stereocenters. The first kappa shape index (κ1) is 15.0. The minimum atomic E-state index is -0.956. The molecular formula is C19H17NO3. The Labute approximate surface area is 134 Å². The van der Waals surface area contributed by atoms with Gasteiger partial charge in [-0.05, 0) is 43.2 Å². The van der Waals surface area contributed by atoms with Gasteiger partial charge in [0.05, 0.1) is 23.9 Å².